The van der Waals surface area contributed by atoms with Crippen LogP contribution in [0.15, 0.2) is 153 Å². The first-order valence-electron chi connectivity index (χ1n) is 27.9. The molecule has 3 aromatic carbocycles. The van der Waals surface area contributed by atoms with E-state index in [4.69, 9.17) is 9.47 Å². The fourth-order valence-corrected chi connectivity index (χ4v) is 9.83. The molecule has 0 radical (unpaired) electrons. The topological polar surface area (TPSA) is 260 Å². The van der Waals surface area contributed by atoms with Crippen LogP contribution in [0, 0.1) is 29.9 Å². The summed E-state index contributed by atoms with van der Waals surface area (Å²) in [6.45, 7) is 5.23. The van der Waals surface area contributed by atoms with Gasteiger partial charge in [0.15, 0.2) is 17.3 Å². The normalized spacial score (nSPS) is 11.5. The number of pyridine rings is 4. The van der Waals surface area contributed by atoms with Crippen LogP contribution < -0.4 is 47.7 Å². The molecule has 1 unspecified atom stereocenters. The van der Waals surface area contributed by atoms with Gasteiger partial charge in [-0.3, -0.25) is 53.4 Å². The first-order chi connectivity index (χ1) is 40.8. The van der Waals surface area contributed by atoms with Crippen LogP contribution in [0.5, 0.6) is 11.5 Å². The van der Waals surface area contributed by atoms with Crippen LogP contribution in [0.4, 0.5) is 5.69 Å². The predicted molar refractivity (Wildman–Crippen MR) is 321 cm³/mol. The lowest BCUT2D eigenvalue weighted by molar-refractivity contribution is -0.384. The van der Waals surface area contributed by atoms with Crippen molar-refractivity contribution in [3.63, 3.8) is 0 Å². The van der Waals surface area contributed by atoms with Crippen LogP contribution in [0.25, 0.3) is 0 Å². The summed E-state index contributed by atoms with van der Waals surface area (Å²) < 4.78 is 17.4. The average molecular weight is 1160 g/mol. The number of nitro groups is 1. The molecule has 22 heteroatoms. The number of rotatable bonds is 30. The highest BCUT2D eigenvalue weighted by Crippen LogP contribution is 2.20. The van der Waals surface area contributed by atoms with Gasteiger partial charge < -0.3 is 48.6 Å². The van der Waals surface area contributed by atoms with Gasteiger partial charge in [-0.15, -0.1) is 0 Å². The standard InChI is InChI=1S/C63H72N10O12/c1-43-50(23-31-67(3)60(43)78)54(74)18-13-30-71(35-27-64-57(75)51-24-32-68(4)61(79)44(51)2)39-48(38-45-19-21-49(22-20-45)73(82)83)40-72(36-28-65-58(76)52-25-33-69(5)62(80)55(52)84-41-46-14-9-7-10-15-46)37-29-66-59(77)53-26-34-70(6)63(81)56(53)85-42-47-16-11-8-12-17-47/h7-12,14-17,19-26,31-34,48H,13,18,27-30,35-42H2,1-6H3,(H,64,75)(H,65,76)(H,66,77). The number of Topliss-reactive ketones (excluding diaryl/α,β-unsaturated/α-hetero) is 1. The average Bonchev–Trinajstić information content (AvgIpc) is 3.53. The molecule has 0 fully saturated rings. The number of nitrogens with one attached hydrogen (secondary N) is 3. The zero-order valence-corrected chi connectivity index (χ0v) is 48.7. The minimum absolute atomic E-state index is 0.0317. The van der Waals surface area contributed by atoms with E-state index < -0.39 is 33.8 Å². The predicted octanol–water partition coefficient (Wildman–Crippen LogP) is 4.88. The number of non-ortho nitro benzene ring substituents is 1. The Morgan fingerprint density at radius 3 is 1.34 bits per heavy atom. The molecule has 7 aromatic rings. The molecule has 3 amide bonds. The van der Waals surface area contributed by atoms with Crippen molar-refractivity contribution in [2.24, 2.45) is 34.1 Å². The van der Waals surface area contributed by atoms with Crippen molar-refractivity contribution in [3.8, 4) is 11.5 Å². The van der Waals surface area contributed by atoms with E-state index in [1.807, 2.05) is 65.6 Å². The maximum atomic E-state index is 14.1. The highest BCUT2D eigenvalue weighted by atomic mass is 16.6. The second kappa shape index (κ2) is 30.1. The molecule has 22 nitrogen and oxygen atoms in total. The Morgan fingerprint density at radius 2 is 0.894 bits per heavy atom. The lowest BCUT2D eigenvalue weighted by Gasteiger charge is -2.32. The molecule has 85 heavy (non-hydrogen) atoms. The van der Waals surface area contributed by atoms with Crippen LogP contribution in [0.2, 0.25) is 0 Å². The van der Waals surface area contributed by atoms with Gasteiger partial charge in [-0.1, -0.05) is 72.8 Å². The van der Waals surface area contributed by atoms with E-state index in [1.54, 1.807) is 72.5 Å². The Hall–Kier alpha value is -9.54. The van der Waals surface area contributed by atoms with Gasteiger partial charge in [-0.05, 0) is 80.1 Å². The summed E-state index contributed by atoms with van der Waals surface area (Å²) in [7, 11) is 6.33. The van der Waals surface area contributed by atoms with E-state index in [1.165, 1.54) is 61.1 Å². The third kappa shape index (κ3) is 17.3. The molecule has 4 aromatic heterocycles. The molecule has 0 aliphatic carbocycles. The Kier molecular flexibility index (Phi) is 22.4. The number of hydrogen-bond donors (Lipinski definition) is 3. The lowest BCUT2D eigenvalue weighted by Crippen LogP contribution is -2.45. The number of carbonyl (C=O) groups is 4. The molecule has 3 N–H and O–H groups in total. The first kappa shape index (κ1) is 63.0. The largest absolute Gasteiger partial charge is 0.482 e. The highest BCUT2D eigenvalue weighted by Gasteiger charge is 2.24. The van der Waals surface area contributed by atoms with E-state index in [-0.39, 0.29) is 121 Å². The second-order valence-corrected chi connectivity index (χ2v) is 20.9. The van der Waals surface area contributed by atoms with Crippen molar-refractivity contribution in [2.45, 2.75) is 46.3 Å². The minimum atomic E-state index is -0.565. The van der Waals surface area contributed by atoms with Crippen molar-refractivity contribution >= 4 is 29.2 Å². The number of ketones is 1. The Labute approximate surface area is 491 Å². The number of ether oxygens (including phenoxy) is 2. The Balaban J connectivity index is 1.17. The van der Waals surface area contributed by atoms with Gasteiger partial charge in [0.1, 0.15) is 13.2 Å². The maximum absolute atomic E-state index is 14.1. The zero-order chi connectivity index (χ0) is 61.2. The third-order valence-corrected chi connectivity index (χ3v) is 14.7. The number of aromatic nitrogens is 4. The molecule has 0 saturated carbocycles. The van der Waals surface area contributed by atoms with Gasteiger partial charge in [0.25, 0.3) is 45.6 Å². The molecule has 7 rings (SSSR count). The van der Waals surface area contributed by atoms with Crippen molar-refractivity contribution < 1.29 is 33.6 Å². The molecular formula is C63H72N10O12. The number of amides is 3. The maximum Gasteiger partial charge on any atom is 0.293 e. The summed E-state index contributed by atoms with van der Waals surface area (Å²) >= 11 is 0. The van der Waals surface area contributed by atoms with Crippen molar-refractivity contribution in [3.05, 3.63) is 236 Å². The van der Waals surface area contributed by atoms with E-state index >= 15 is 0 Å². The Morgan fingerprint density at radius 1 is 0.506 bits per heavy atom. The molecule has 446 valence electrons. The van der Waals surface area contributed by atoms with Gasteiger partial charge in [0.05, 0.1) is 16.1 Å². The molecule has 0 saturated heterocycles. The summed E-state index contributed by atoms with van der Waals surface area (Å²) in [6.07, 6.45) is 6.87. The number of carbonyl (C=O) groups excluding carboxylic acids is 4. The molecule has 0 aliphatic heterocycles. The lowest BCUT2D eigenvalue weighted by atomic mass is 9.97. The van der Waals surface area contributed by atoms with Crippen molar-refractivity contribution in [2.75, 3.05) is 58.9 Å². The van der Waals surface area contributed by atoms with Crippen LogP contribution >= 0.6 is 0 Å². The van der Waals surface area contributed by atoms with Gasteiger partial charge in [0.2, 0.25) is 0 Å². The number of hydrogen-bond acceptors (Lipinski definition) is 14. The summed E-state index contributed by atoms with van der Waals surface area (Å²) in [6, 6.07) is 30.9. The smallest absolute Gasteiger partial charge is 0.293 e. The molecule has 0 spiro atoms. The Bertz CT molecular complexity index is 3540. The number of nitro benzene ring substituents is 1. The molecule has 0 bridgehead atoms. The van der Waals surface area contributed by atoms with E-state index in [9.17, 15) is 48.5 Å². The summed E-state index contributed by atoms with van der Waals surface area (Å²) in [4.78, 5) is 123. The first-order valence-corrected chi connectivity index (χ1v) is 27.9. The van der Waals surface area contributed by atoms with Gasteiger partial charge >= 0.3 is 0 Å². The number of benzene rings is 3. The zero-order valence-electron chi connectivity index (χ0n) is 48.7. The fraction of sp³-hybridized carbons (Fsp3) is 0.333. The van der Waals surface area contributed by atoms with Crippen LogP contribution in [0.3, 0.4) is 0 Å². The van der Waals surface area contributed by atoms with Gasteiger partial charge in [-0.2, -0.15) is 0 Å². The molecule has 0 aliphatic rings. The van der Waals surface area contributed by atoms with Crippen molar-refractivity contribution in [1.82, 2.24) is 44.0 Å². The molecular weight excluding hydrogens is 1090 g/mol. The summed E-state index contributed by atoms with van der Waals surface area (Å²) in [5, 5.41) is 20.6. The minimum Gasteiger partial charge on any atom is -0.482 e. The van der Waals surface area contributed by atoms with E-state index in [0.717, 1.165) is 16.7 Å². The van der Waals surface area contributed by atoms with Crippen molar-refractivity contribution in [1.29, 1.82) is 0 Å². The molecule has 1 atom stereocenters. The summed E-state index contributed by atoms with van der Waals surface area (Å²) in [5.74, 6) is -2.33. The number of nitrogens with zero attached hydrogens (tertiary/aromatic N) is 7. The quantitative estimate of drug-likeness (QED) is 0.0308. The van der Waals surface area contributed by atoms with Crippen LogP contribution in [0.1, 0.15) is 82.1 Å². The monoisotopic (exact) mass is 1160 g/mol. The fourth-order valence-electron chi connectivity index (χ4n) is 9.83. The molecule has 4 heterocycles. The highest BCUT2D eigenvalue weighted by molar-refractivity contribution is 5.98. The van der Waals surface area contributed by atoms with Gasteiger partial charge in [-0.25, -0.2) is 0 Å². The van der Waals surface area contributed by atoms with E-state index in [0.29, 0.717) is 43.6 Å². The van der Waals surface area contributed by atoms with Crippen LogP contribution in [-0.2, 0) is 47.8 Å². The van der Waals surface area contributed by atoms with Gasteiger partial charge in [0, 0.05) is 146 Å². The third-order valence-electron chi connectivity index (χ3n) is 14.7. The van der Waals surface area contributed by atoms with E-state index in [2.05, 4.69) is 20.9 Å². The SMILES string of the molecule is Cc1c(C(=O)CCCN(CCNC(=O)c2ccn(C)c(=O)c2C)CC(Cc2ccc([N+](=O)[O-])cc2)CN(CCNC(=O)c2ccn(C)c(=O)c2OCc2ccccc2)CCNC(=O)c2ccn(C)c(=O)c2OCc2ccccc2)ccn(C)c1=O. The van der Waals surface area contributed by atoms with Crippen LogP contribution in [-0.4, -0.2) is 115 Å². The second-order valence-electron chi connectivity index (χ2n) is 20.9. The summed E-state index contributed by atoms with van der Waals surface area (Å²) in [5.41, 5.74) is 1.90. The number of aryl methyl sites for hydroxylation is 4.